The number of carboxylic acids is 1. The molecule has 0 saturated carbocycles. The number of aliphatic carboxylic acids is 1. The van der Waals surface area contributed by atoms with Gasteiger partial charge in [-0.15, -0.1) is 0 Å². The van der Waals surface area contributed by atoms with Gasteiger partial charge in [0, 0.05) is 10.6 Å². The number of benzene rings is 1. The van der Waals surface area contributed by atoms with Crippen LogP contribution in [0.25, 0.3) is 0 Å². The van der Waals surface area contributed by atoms with E-state index in [9.17, 15) is 13.6 Å². The molecular formula is C11H11ClF2O2. The van der Waals surface area contributed by atoms with Gasteiger partial charge in [0.2, 0.25) is 0 Å². The van der Waals surface area contributed by atoms with Crippen molar-refractivity contribution in [3.05, 3.63) is 34.3 Å². The number of hydrogen-bond acceptors (Lipinski definition) is 1. The normalized spacial score (nSPS) is 12.8. The van der Waals surface area contributed by atoms with Crippen LogP contribution in [0.3, 0.4) is 0 Å². The summed E-state index contributed by atoms with van der Waals surface area (Å²) < 4.78 is 24.7. The Morgan fingerprint density at radius 2 is 2.12 bits per heavy atom. The topological polar surface area (TPSA) is 37.3 Å². The fourth-order valence-corrected chi connectivity index (χ4v) is 1.83. The molecule has 1 rings (SSSR count). The molecule has 0 radical (unpaired) electrons. The molecule has 0 spiro atoms. The van der Waals surface area contributed by atoms with Gasteiger partial charge >= 0.3 is 5.97 Å². The molecule has 2 nitrogen and oxygen atoms in total. The van der Waals surface area contributed by atoms with Gasteiger partial charge in [-0.2, -0.15) is 0 Å². The molecule has 0 aliphatic heterocycles. The molecule has 0 bridgehead atoms. The number of carbonyl (C=O) groups is 1. The Morgan fingerprint density at radius 1 is 1.50 bits per heavy atom. The molecule has 0 aliphatic rings. The van der Waals surface area contributed by atoms with E-state index in [4.69, 9.17) is 16.7 Å². The van der Waals surface area contributed by atoms with Crippen LogP contribution < -0.4 is 0 Å². The van der Waals surface area contributed by atoms with E-state index in [2.05, 4.69) is 0 Å². The van der Waals surface area contributed by atoms with Crippen molar-refractivity contribution >= 4 is 17.6 Å². The zero-order valence-corrected chi connectivity index (χ0v) is 9.34. The van der Waals surface area contributed by atoms with Crippen molar-refractivity contribution in [3.63, 3.8) is 0 Å². The van der Waals surface area contributed by atoms with Gasteiger partial charge in [-0.1, -0.05) is 30.7 Å². The molecule has 1 aromatic rings. The second kappa shape index (κ2) is 5.25. The average molecular weight is 249 g/mol. The van der Waals surface area contributed by atoms with Gasteiger partial charge in [-0.05, 0) is 17.5 Å². The summed E-state index contributed by atoms with van der Waals surface area (Å²) in [5.41, 5.74) is 0.421. The van der Waals surface area contributed by atoms with E-state index >= 15 is 0 Å². The molecule has 1 aromatic carbocycles. The molecule has 0 aromatic heterocycles. The van der Waals surface area contributed by atoms with Crippen molar-refractivity contribution in [2.24, 2.45) is 0 Å². The molecule has 0 saturated heterocycles. The van der Waals surface area contributed by atoms with Crippen molar-refractivity contribution in [2.45, 2.75) is 25.7 Å². The van der Waals surface area contributed by atoms with Crippen LogP contribution in [0.2, 0.25) is 5.02 Å². The highest BCUT2D eigenvalue weighted by molar-refractivity contribution is 6.31. The maximum absolute atomic E-state index is 12.3. The van der Waals surface area contributed by atoms with E-state index in [1.165, 1.54) is 18.2 Å². The summed E-state index contributed by atoms with van der Waals surface area (Å²) in [6.07, 6.45) is -2.64. The number of alkyl halides is 2. The zero-order valence-electron chi connectivity index (χ0n) is 8.58. The lowest BCUT2D eigenvalue weighted by molar-refractivity contribution is -0.137. The third-order valence-electron chi connectivity index (χ3n) is 2.29. The second-order valence-electron chi connectivity index (χ2n) is 3.58. The maximum atomic E-state index is 12.3. The summed E-state index contributed by atoms with van der Waals surface area (Å²) in [4.78, 5) is 10.5. The van der Waals surface area contributed by atoms with E-state index in [-0.39, 0.29) is 22.9 Å². The molecule has 1 N–H and O–H groups in total. The summed E-state index contributed by atoms with van der Waals surface area (Å²) in [6.45, 7) is 1.69. The minimum atomic E-state index is -2.57. The van der Waals surface area contributed by atoms with Crippen LogP contribution in [0.4, 0.5) is 8.78 Å². The lowest BCUT2D eigenvalue weighted by Gasteiger charge is -2.12. The van der Waals surface area contributed by atoms with Gasteiger partial charge in [-0.25, -0.2) is 8.78 Å². The molecule has 0 aliphatic carbocycles. The van der Waals surface area contributed by atoms with Gasteiger partial charge in [0.25, 0.3) is 6.43 Å². The Labute approximate surface area is 96.8 Å². The van der Waals surface area contributed by atoms with E-state index < -0.39 is 12.4 Å². The maximum Gasteiger partial charge on any atom is 0.303 e. The van der Waals surface area contributed by atoms with Crippen molar-refractivity contribution in [3.8, 4) is 0 Å². The second-order valence-corrected chi connectivity index (χ2v) is 3.99. The van der Waals surface area contributed by atoms with E-state index in [0.717, 1.165) is 0 Å². The SMILES string of the molecule is CC(CC(=O)O)c1ccc(C(F)F)cc1Cl. The summed E-state index contributed by atoms with van der Waals surface area (Å²) in [5.74, 6) is -1.24. The third-order valence-corrected chi connectivity index (χ3v) is 2.62. The predicted octanol–water partition coefficient (Wildman–Crippen LogP) is 3.86. The number of halogens is 3. The van der Waals surface area contributed by atoms with Gasteiger partial charge in [0.1, 0.15) is 0 Å². The number of carboxylic acid groups (broad SMARTS) is 1. The van der Waals surface area contributed by atoms with Crippen LogP contribution in [-0.4, -0.2) is 11.1 Å². The Balaban J connectivity index is 2.94. The van der Waals surface area contributed by atoms with Gasteiger partial charge < -0.3 is 5.11 Å². The van der Waals surface area contributed by atoms with Gasteiger partial charge in [0.05, 0.1) is 6.42 Å². The van der Waals surface area contributed by atoms with E-state index in [1.54, 1.807) is 6.92 Å². The lowest BCUT2D eigenvalue weighted by Crippen LogP contribution is -2.03. The van der Waals surface area contributed by atoms with Gasteiger partial charge in [0.15, 0.2) is 0 Å². The highest BCUT2D eigenvalue weighted by atomic mass is 35.5. The molecule has 16 heavy (non-hydrogen) atoms. The summed E-state index contributed by atoms with van der Waals surface area (Å²) in [6, 6.07) is 3.90. The molecule has 0 heterocycles. The highest BCUT2D eigenvalue weighted by Gasteiger charge is 2.15. The van der Waals surface area contributed by atoms with E-state index in [1.807, 2.05) is 0 Å². The Morgan fingerprint density at radius 3 is 2.56 bits per heavy atom. The molecular weight excluding hydrogens is 238 g/mol. The minimum absolute atomic E-state index is 0.0756. The van der Waals surface area contributed by atoms with Crippen molar-refractivity contribution in [1.82, 2.24) is 0 Å². The molecule has 5 heteroatoms. The van der Waals surface area contributed by atoms with Crippen LogP contribution in [0.5, 0.6) is 0 Å². The van der Waals surface area contributed by atoms with E-state index in [0.29, 0.717) is 5.56 Å². The first-order valence-electron chi connectivity index (χ1n) is 4.71. The van der Waals surface area contributed by atoms with Crippen molar-refractivity contribution < 1.29 is 18.7 Å². The molecule has 0 amide bonds. The minimum Gasteiger partial charge on any atom is -0.481 e. The molecule has 1 unspecified atom stereocenters. The highest BCUT2D eigenvalue weighted by Crippen LogP contribution is 2.30. The quantitative estimate of drug-likeness (QED) is 0.879. The van der Waals surface area contributed by atoms with Crippen LogP contribution >= 0.6 is 11.6 Å². The Kier molecular flexibility index (Phi) is 4.24. The Bertz CT molecular complexity index is 394. The molecule has 88 valence electrons. The van der Waals surface area contributed by atoms with Crippen LogP contribution in [0, 0.1) is 0 Å². The smallest absolute Gasteiger partial charge is 0.303 e. The summed E-state index contributed by atoms with van der Waals surface area (Å²) >= 11 is 5.83. The van der Waals surface area contributed by atoms with Crippen LogP contribution in [0.15, 0.2) is 18.2 Å². The van der Waals surface area contributed by atoms with Crippen molar-refractivity contribution in [2.75, 3.05) is 0 Å². The largest absolute Gasteiger partial charge is 0.481 e. The van der Waals surface area contributed by atoms with Crippen LogP contribution in [-0.2, 0) is 4.79 Å². The average Bonchev–Trinajstić information content (AvgIpc) is 2.15. The molecule has 0 fully saturated rings. The molecule has 1 atom stereocenters. The first kappa shape index (κ1) is 12.9. The summed E-state index contributed by atoms with van der Waals surface area (Å²) in [5, 5.41) is 8.80. The van der Waals surface area contributed by atoms with Gasteiger partial charge in [-0.3, -0.25) is 4.79 Å². The first-order valence-corrected chi connectivity index (χ1v) is 5.09. The fourth-order valence-electron chi connectivity index (χ4n) is 1.45. The third kappa shape index (κ3) is 3.17. The number of hydrogen-bond donors (Lipinski definition) is 1. The number of rotatable bonds is 4. The lowest BCUT2D eigenvalue weighted by atomic mass is 9.97. The Hall–Kier alpha value is -1.16. The van der Waals surface area contributed by atoms with Crippen molar-refractivity contribution in [1.29, 1.82) is 0 Å². The standard InChI is InChI=1S/C11H11ClF2O2/c1-6(4-10(15)16)8-3-2-7(11(13)14)5-9(8)12/h2-3,5-6,11H,4H2,1H3,(H,15,16). The summed E-state index contributed by atoms with van der Waals surface area (Å²) in [7, 11) is 0. The van der Waals surface area contributed by atoms with Crippen LogP contribution in [0.1, 0.15) is 36.8 Å². The zero-order chi connectivity index (χ0) is 12.3. The fraction of sp³-hybridized carbons (Fsp3) is 0.364. The predicted molar refractivity (Wildman–Crippen MR) is 57.1 cm³/mol. The monoisotopic (exact) mass is 248 g/mol. The first-order chi connectivity index (χ1) is 7.41.